The van der Waals surface area contributed by atoms with Gasteiger partial charge in [-0.15, -0.1) is 0 Å². The Balaban J connectivity index is 1.59. The molecule has 3 rings (SSSR count). The molecule has 2 aromatic rings. The van der Waals surface area contributed by atoms with Gasteiger partial charge in [-0.25, -0.2) is 0 Å². The van der Waals surface area contributed by atoms with Crippen molar-refractivity contribution in [1.29, 1.82) is 0 Å². The van der Waals surface area contributed by atoms with Crippen LogP contribution in [0.1, 0.15) is 16.7 Å². The molecule has 1 aliphatic heterocycles. The number of carbonyl (C=O) groups excluding carboxylic acids is 2. The monoisotopic (exact) mass is 352 g/mol. The molecule has 1 atom stereocenters. The SMILES string of the molecule is Cc1cccc(NC(=O)CN(C)C(=O)C2COc3ccccc3C2)c1C. The number of anilines is 1. The van der Waals surface area contributed by atoms with E-state index in [9.17, 15) is 9.59 Å². The van der Waals surface area contributed by atoms with E-state index in [-0.39, 0.29) is 24.3 Å². The highest BCUT2D eigenvalue weighted by atomic mass is 16.5. The summed E-state index contributed by atoms with van der Waals surface area (Å²) in [5.74, 6) is 0.303. The van der Waals surface area contributed by atoms with Crippen LogP contribution in [0.25, 0.3) is 0 Å². The molecule has 0 aliphatic carbocycles. The number of hydrogen-bond donors (Lipinski definition) is 1. The maximum Gasteiger partial charge on any atom is 0.243 e. The van der Waals surface area contributed by atoms with Crippen molar-refractivity contribution in [2.75, 3.05) is 25.5 Å². The van der Waals surface area contributed by atoms with Crippen LogP contribution in [0.15, 0.2) is 42.5 Å². The topological polar surface area (TPSA) is 58.6 Å². The minimum absolute atomic E-state index is 0.0182. The van der Waals surface area contributed by atoms with E-state index in [4.69, 9.17) is 4.74 Å². The second-order valence-electron chi connectivity index (χ2n) is 6.81. The Morgan fingerprint density at radius 3 is 2.73 bits per heavy atom. The van der Waals surface area contributed by atoms with Crippen molar-refractivity contribution < 1.29 is 14.3 Å². The van der Waals surface area contributed by atoms with Crippen LogP contribution < -0.4 is 10.1 Å². The Bertz CT molecular complexity index is 832. The number of hydrogen-bond acceptors (Lipinski definition) is 3. The van der Waals surface area contributed by atoms with Gasteiger partial charge in [0.2, 0.25) is 11.8 Å². The summed E-state index contributed by atoms with van der Waals surface area (Å²) >= 11 is 0. The second-order valence-corrected chi connectivity index (χ2v) is 6.81. The maximum atomic E-state index is 12.7. The minimum atomic E-state index is -0.261. The molecule has 2 amide bonds. The third kappa shape index (κ3) is 3.87. The standard InChI is InChI=1S/C21H24N2O3/c1-14-7-6-9-18(15(14)2)22-20(24)12-23(3)21(25)17-11-16-8-4-5-10-19(16)26-13-17/h4-10,17H,11-13H2,1-3H3,(H,22,24). The van der Waals surface area contributed by atoms with Gasteiger partial charge in [0.15, 0.2) is 0 Å². The molecule has 0 radical (unpaired) electrons. The number of aryl methyl sites for hydroxylation is 1. The van der Waals surface area contributed by atoms with Crippen LogP contribution in [0.5, 0.6) is 5.75 Å². The first kappa shape index (κ1) is 18.0. The molecule has 1 N–H and O–H groups in total. The van der Waals surface area contributed by atoms with E-state index in [2.05, 4.69) is 5.32 Å². The van der Waals surface area contributed by atoms with Crippen LogP contribution in [-0.2, 0) is 16.0 Å². The lowest BCUT2D eigenvalue weighted by atomic mass is 9.95. The summed E-state index contributed by atoms with van der Waals surface area (Å²) in [6, 6.07) is 13.5. The Morgan fingerprint density at radius 2 is 1.92 bits per heavy atom. The van der Waals surface area contributed by atoms with Crippen molar-refractivity contribution in [1.82, 2.24) is 4.90 Å². The minimum Gasteiger partial charge on any atom is -0.492 e. The molecule has 5 nitrogen and oxygen atoms in total. The van der Waals surface area contributed by atoms with Crippen molar-refractivity contribution >= 4 is 17.5 Å². The van der Waals surface area contributed by atoms with Crippen LogP contribution in [0.2, 0.25) is 0 Å². The van der Waals surface area contributed by atoms with Gasteiger partial charge in [-0.1, -0.05) is 30.3 Å². The highest BCUT2D eigenvalue weighted by molar-refractivity contribution is 5.95. The molecule has 0 saturated carbocycles. The highest BCUT2D eigenvalue weighted by Crippen LogP contribution is 2.27. The first-order valence-electron chi connectivity index (χ1n) is 8.77. The van der Waals surface area contributed by atoms with Crippen molar-refractivity contribution in [3.8, 4) is 5.75 Å². The second kappa shape index (κ2) is 7.60. The number of benzene rings is 2. The van der Waals surface area contributed by atoms with Gasteiger partial charge in [-0.2, -0.15) is 0 Å². The Morgan fingerprint density at radius 1 is 1.15 bits per heavy atom. The number of carbonyl (C=O) groups is 2. The van der Waals surface area contributed by atoms with Crippen LogP contribution in [0.3, 0.4) is 0 Å². The van der Waals surface area contributed by atoms with Gasteiger partial charge >= 0.3 is 0 Å². The van der Waals surface area contributed by atoms with Crippen LogP contribution in [-0.4, -0.2) is 36.9 Å². The van der Waals surface area contributed by atoms with E-state index >= 15 is 0 Å². The molecule has 0 fully saturated rings. The smallest absolute Gasteiger partial charge is 0.243 e. The number of amides is 2. The third-order valence-electron chi connectivity index (χ3n) is 4.86. The van der Waals surface area contributed by atoms with Gasteiger partial charge < -0.3 is 15.0 Å². The summed E-state index contributed by atoms with van der Waals surface area (Å²) in [5.41, 5.74) is 3.97. The highest BCUT2D eigenvalue weighted by Gasteiger charge is 2.28. The van der Waals surface area contributed by atoms with E-state index in [0.29, 0.717) is 13.0 Å². The quantitative estimate of drug-likeness (QED) is 0.920. The molecule has 0 aromatic heterocycles. The van der Waals surface area contributed by atoms with Gasteiger partial charge in [0.1, 0.15) is 12.4 Å². The van der Waals surface area contributed by atoms with E-state index in [1.54, 1.807) is 7.05 Å². The molecule has 2 aromatic carbocycles. The molecule has 1 aliphatic rings. The first-order chi connectivity index (χ1) is 12.5. The molecule has 0 spiro atoms. The zero-order valence-corrected chi connectivity index (χ0v) is 15.4. The number of nitrogens with one attached hydrogen (secondary N) is 1. The molecule has 136 valence electrons. The molecular formula is C21H24N2O3. The number of nitrogens with zero attached hydrogens (tertiary/aromatic N) is 1. The predicted octanol–water partition coefficient (Wildman–Crippen LogP) is 2.95. The average Bonchev–Trinajstić information content (AvgIpc) is 2.64. The fourth-order valence-corrected chi connectivity index (χ4v) is 3.17. The number of rotatable bonds is 4. The largest absolute Gasteiger partial charge is 0.492 e. The summed E-state index contributed by atoms with van der Waals surface area (Å²) in [5, 5.41) is 2.89. The van der Waals surface area contributed by atoms with E-state index in [1.807, 2.05) is 56.3 Å². The van der Waals surface area contributed by atoms with Gasteiger partial charge in [-0.3, -0.25) is 9.59 Å². The van der Waals surface area contributed by atoms with Crippen molar-refractivity contribution in [3.05, 3.63) is 59.2 Å². The summed E-state index contributed by atoms with van der Waals surface area (Å²) in [6.45, 7) is 4.33. The molecule has 1 unspecified atom stereocenters. The normalized spacial score (nSPS) is 15.6. The zero-order valence-electron chi connectivity index (χ0n) is 15.4. The van der Waals surface area contributed by atoms with Crippen molar-refractivity contribution in [2.24, 2.45) is 5.92 Å². The molecule has 26 heavy (non-hydrogen) atoms. The summed E-state index contributed by atoms with van der Waals surface area (Å²) < 4.78 is 5.69. The van der Waals surface area contributed by atoms with Gasteiger partial charge in [0.05, 0.1) is 12.5 Å². The lowest BCUT2D eigenvalue weighted by Crippen LogP contribution is -2.42. The van der Waals surface area contributed by atoms with Crippen LogP contribution in [0.4, 0.5) is 5.69 Å². The Labute approximate surface area is 154 Å². The van der Waals surface area contributed by atoms with E-state index in [1.165, 1.54) is 4.90 Å². The lowest BCUT2D eigenvalue weighted by molar-refractivity contribution is -0.138. The zero-order chi connectivity index (χ0) is 18.7. The Kier molecular flexibility index (Phi) is 5.26. The Hall–Kier alpha value is -2.82. The van der Waals surface area contributed by atoms with E-state index < -0.39 is 0 Å². The molecule has 0 bridgehead atoms. The predicted molar refractivity (Wildman–Crippen MR) is 101 cm³/mol. The van der Waals surface area contributed by atoms with Gasteiger partial charge in [-0.05, 0) is 49.1 Å². The summed E-state index contributed by atoms with van der Waals surface area (Å²) in [4.78, 5) is 26.5. The third-order valence-corrected chi connectivity index (χ3v) is 4.86. The van der Waals surface area contributed by atoms with Gasteiger partial charge in [0.25, 0.3) is 0 Å². The van der Waals surface area contributed by atoms with Crippen LogP contribution in [0, 0.1) is 19.8 Å². The average molecular weight is 352 g/mol. The van der Waals surface area contributed by atoms with Crippen molar-refractivity contribution in [2.45, 2.75) is 20.3 Å². The maximum absolute atomic E-state index is 12.7. The number of ether oxygens (including phenoxy) is 1. The molecular weight excluding hydrogens is 328 g/mol. The number of fused-ring (bicyclic) bond motifs is 1. The fourth-order valence-electron chi connectivity index (χ4n) is 3.17. The van der Waals surface area contributed by atoms with Crippen molar-refractivity contribution in [3.63, 3.8) is 0 Å². The van der Waals surface area contributed by atoms with Gasteiger partial charge in [0, 0.05) is 12.7 Å². The molecule has 0 saturated heterocycles. The number of likely N-dealkylation sites (N-methyl/N-ethyl adjacent to an activating group) is 1. The fraction of sp³-hybridized carbons (Fsp3) is 0.333. The molecule has 1 heterocycles. The van der Waals surface area contributed by atoms with E-state index in [0.717, 1.165) is 28.1 Å². The number of para-hydroxylation sites is 1. The lowest BCUT2D eigenvalue weighted by Gasteiger charge is -2.28. The summed E-state index contributed by atoms with van der Waals surface area (Å²) in [7, 11) is 1.66. The summed E-state index contributed by atoms with van der Waals surface area (Å²) in [6.07, 6.45) is 0.637. The first-order valence-corrected chi connectivity index (χ1v) is 8.77. The van der Waals surface area contributed by atoms with Crippen LogP contribution >= 0.6 is 0 Å². The molecule has 5 heteroatoms.